The molecule has 0 aliphatic carbocycles. The molecule has 0 aliphatic rings. The molecule has 0 amide bonds. The van der Waals surface area contributed by atoms with Crippen LogP contribution >= 0.6 is 56.8 Å². The Kier molecular flexibility index (Phi) is 4.11. The second kappa shape index (κ2) is 5.15. The van der Waals surface area contributed by atoms with Gasteiger partial charge < -0.3 is 0 Å². The van der Waals surface area contributed by atoms with Crippen LogP contribution < -0.4 is 0 Å². The second-order valence-corrected chi connectivity index (χ2v) is 8.13. The Morgan fingerprint density at radius 2 is 1.78 bits per heavy atom. The lowest BCUT2D eigenvalue weighted by Crippen LogP contribution is -1.83. The largest absolute Gasteiger partial charge is 0.272 e. The van der Waals surface area contributed by atoms with E-state index >= 15 is 0 Å². The zero-order valence-electron chi connectivity index (χ0n) is 8.32. The molecule has 0 saturated carbocycles. The highest BCUT2D eigenvalue weighted by Gasteiger charge is 2.18. The molecule has 3 nitrogen and oxygen atoms in total. The van der Waals surface area contributed by atoms with E-state index in [4.69, 9.17) is 45.5 Å². The molecule has 0 saturated heterocycles. The number of thiazole rings is 1. The van der Waals surface area contributed by atoms with Gasteiger partial charge in [-0.3, -0.25) is 0 Å². The highest BCUT2D eigenvalue weighted by Crippen LogP contribution is 2.40. The summed E-state index contributed by atoms with van der Waals surface area (Å²) in [4.78, 5) is 3.95. The Labute approximate surface area is 127 Å². The standard InChI is InChI=1S/C9H3Cl4NO2S2/c10-5-2-1-4(7(11)8(5)12)9-14-3-6(17-9)18(13,15)16/h1-3H. The van der Waals surface area contributed by atoms with E-state index in [0.29, 0.717) is 15.6 Å². The van der Waals surface area contributed by atoms with Crippen LogP contribution in [0.3, 0.4) is 0 Å². The summed E-state index contributed by atoms with van der Waals surface area (Å²) in [5, 5.41) is 1.13. The summed E-state index contributed by atoms with van der Waals surface area (Å²) in [7, 11) is 1.42. The Morgan fingerprint density at radius 3 is 2.33 bits per heavy atom. The molecular formula is C9H3Cl4NO2S2. The smallest absolute Gasteiger partial charge is 0.243 e. The zero-order valence-corrected chi connectivity index (χ0v) is 13.0. The van der Waals surface area contributed by atoms with Crippen molar-refractivity contribution in [1.29, 1.82) is 0 Å². The van der Waals surface area contributed by atoms with Crippen molar-refractivity contribution in [3.63, 3.8) is 0 Å². The Hall–Kier alpha value is -0.0400. The molecule has 0 fully saturated rings. The maximum Gasteiger partial charge on any atom is 0.272 e. The number of hydrogen-bond donors (Lipinski definition) is 0. The van der Waals surface area contributed by atoms with Crippen molar-refractivity contribution in [2.24, 2.45) is 0 Å². The minimum Gasteiger partial charge on any atom is -0.243 e. The average Bonchev–Trinajstić information content (AvgIpc) is 2.75. The fourth-order valence-corrected chi connectivity index (χ4v) is 3.77. The molecule has 0 spiro atoms. The summed E-state index contributed by atoms with van der Waals surface area (Å²) in [5.74, 6) is 0. The zero-order chi connectivity index (χ0) is 13.5. The van der Waals surface area contributed by atoms with Gasteiger partial charge >= 0.3 is 0 Å². The first kappa shape index (κ1) is 14.4. The van der Waals surface area contributed by atoms with Crippen LogP contribution in [0.25, 0.3) is 10.6 Å². The van der Waals surface area contributed by atoms with Crippen LogP contribution in [0.5, 0.6) is 0 Å². The predicted octanol–water partition coefficient (Wildman–Crippen LogP) is 4.70. The Balaban J connectivity index is 2.57. The lowest BCUT2D eigenvalue weighted by Gasteiger charge is -2.03. The monoisotopic (exact) mass is 361 g/mol. The summed E-state index contributed by atoms with van der Waals surface area (Å²) in [6.07, 6.45) is 1.17. The SMILES string of the molecule is O=S(=O)(Cl)c1cnc(-c2ccc(Cl)c(Cl)c2Cl)s1. The van der Waals surface area contributed by atoms with E-state index in [9.17, 15) is 8.42 Å². The molecule has 2 rings (SSSR count). The quantitative estimate of drug-likeness (QED) is 0.574. The Bertz CT molecular complexity index is 711. The van der Waals surface area contributed by atoms with Gasteiger partial charge in [0.05, 0.1) is 21.3 Å². The van der Waals surface area contributed by atoms with Gasteiger partial charge in [0.25, 0.3) is 9.05 Å². The molecule has 0 radical (unpaired) electrons. The van der Waals surface area contributed by atoms with Crippen molar-refractivity contribution in [2.45, 2.75) is 4.21 Å². The molecule has 1 aromatic heterocycles. The number of benzene rings is 1. The topological polar surface area (TPSA) is 47.0 Å². The molecule has 1 aromatic carbocycles. The van der Waals surface area contributed by atoms with Crippen molar-refractivity contribution in [1.82, 2.24) is 4.98 Å². The first-order chi connectivity index (χ1) is 8.30. The van der Waals surface area contributed by atoms with Crippen LogP contribution in [0.15, 0.2) is 22.5 Å². The highest BCUT2D eigenvalue weighted by molar-refractivity contribution is 8.15. The maximum absolute atomic E-state index is 11.1. The van der Waals surface area contributed by atoms with Gasteiger partial charge in [-0.1, -0.05) is 34.8 Å². The number of nitrogens with zero attached hydrogens (tertiary/aromatic N) is 1. The first-order valence-corrected chi connectivity index (χ1v) is 8.61. The van der Waals surface area contributed by atoms with Crippen molar-refractivity contribution in [3.8, 4) is 10.6 Å². The van der Waals surface area contributed by atoms with E-state index in [-0.39, 0.29) is 14.3 Å². The minimum absolute atomic E-state index is 0.0543. The molecule has 0 unspecified atom stereocenters. The molecule has 96 valence electrons. The summed E-state index contributed by atoms with van der Waals surface area (Å²) in [5.41, 5.74) is 0.502. The third kappa shape index (κ3) is 2.76. The number of halogens is 4. The minimum atomic E-state index is -3.80. The fraction of sp³-hybridized carbons (Fsp3) is 0. The van der Waals surface area contributed by atoms with E-state index in [0.717, 1.165) is 11.3 Å². The highest BCUT2D eigenvalue weighted by atomic mass is 35.7. The molecule has 0 atom stereocenters. The first-order valence-electron chi connectivity index (χ1n) is 4.35. The lowest BCUT2D eigenvalue weighted by atomic mass is 10.2. The van der Waals surface area contributed by atoms with Gasteiger partial charge in [0.2, 0.25) is 0 Å². The van der Waals surface area contributed by atoms with Crippen LogP contribution in [0, 0.1) is 0 Å². The summed E-state index contributed by atoms with van der Waals surface area (Å²) < 4.78 is 22.2. The molecule has 0 bridgehead atoms. The van der Waals surface area contributed by atoms with Crippen molar-refractivity contribution in [3.05, 3.63) is 33.4 Å². The van der Waals surface area contributed by atoms with Gasteiger partial charge in [-0.05, 0) is 12.1 Å². The van der Waals surface area contributed by atoms with Crippen molar-refractivity contribution in [2.75, 3.05) is 0 Å². The normalized spacial score (nSPS) is 11.8. The van der Waals surface area contributed by atoms with Gasteiger partial charge in [0, 0.05) is 16.2 Å². The van der Waals surface area contributed by atoms with Crippen molar-refractivity contribution >= 4 is 65.9 Å². The molecule has 0 N–H and O–H groups in total. The maximum atomic E-state index is 11.1. The van der Waals surface area contributed by atoms with Crippen LogP contribution in [0.4, 0.5) is 0 Å². The van der Waals surface area contributed by atoms with E-state index < -0.39 is 9.05 Å². The van der Waals surface area contributed by atoms with Gasteiger partial charge in [-0.2, -0.15) is 0 Å². The van der Waals surface area contributed by atoms with Gasteiger partial charge in [0.15, 0.2) is 4.21 Å². The summed E-state index contributed by atoms with van der Waals surface area (Å²) in [6.45, 7) is 0. The van der Waals surface area contributed by atoms with Crippen molar-refractivity contribution < 1.29 is 8.42 Å². The molecule has 1 heterocycles. The molecule has 2 aromatic rings. The van der Waals surface area contributed by atoms with E-state index in [1.165, 1.54) is 6.20 Å². The molecule has 0 aliphatic heterocycles. The second-order valence-electron chi connectivity index (χ2n) is 3.15. The third-order valence-corrected chi connectivity index (χ3v) is 6.38. The van der Waals surface area contributed by atoms with Gasteiger partial charge in [-0.15, -0.1) is 11.3 Å². The average molecular weight is 363 g/mol. The van der Waals surface area contributed by atoms with Crippen LogP contribution in [0.2, 0.25) is 15.1 Å². The van der Waals surface area contributed by atoms with E-state index in [2.05, 4.69) is 4.98 Å². The molecule has 18 heavy (non-hydrogen) atoms. The lowest BCUT2D eigenvalue weighted by molar-refractivity contribution is 0.611. The van der Waals surface area contributed by atoms with Crippen LogP contribution in [-0.4, -0.2) is 13.4 Å². The number of hydrogen-bond acceptors (Lipinski definition) is 4. The fourth-order valence-electron chi connectivity index (χ4n) is 1.19. The van der Waals surface area contributed by atoms with Gasteiger partial charge in [0.1, 0.15) is 5.01 Å². The Morgan fingerprint density at radius 1 is 1.11 bits per heavy atom. The third-order valence-electron chi connectivity index (χ3n) is 1.99. The summed E-state index contributed by atoms with van der Waals surface area (Å²) >= 11 is 18.6. The molecule has 9 heteroatoms. The summed E-state index contributed by atoms with van der Waals surface area (Å²) in [6, 6.07) is 3.17. The molecular weight excluding hydrogens is 360 g/mol. The number of rotatable bonds is 2. The van der Waals surface area contributed by atoms with E-state index in [1.807, 2.05) is 0 Å². The number of aromatic nitrogens is 1. The van der Waals surface area contributed by atoms with E-state index in [1.54, 1.807) is 12.1 Å². The van der Waals surface area contributed by atoms with Gasteiger partial charge in [-0.25, -0.2) is 13.4 Å². The van der Waals surface area contributed by atoms with Crippen LogP contribution in [-0.2, 0) is 9.05 Å². The van der Waals surface area contributed by atoms with Crippen LogP contribution in [0.1, 0.15) is 0 Å². The predicted molar refractivity (Wildman–Crippen MR) is 75.6 cm³/mol.